The van der Waals surface area contributed by atoms with Gasteiger partial charge in [-0.2, -0.15) is 0 Å². The monoisotopic (exact) mass is 409 g/mol. The fourth-order valence-electron chi connectivity index (χ4n) is 4.27. The molecule has 3 amide bonds. The highest BCUT2D eigenvalue weighted by Gasteiger charge is 2.59. The number of methoxy groups -OCH3 is 2. The van der Waals surface area contributed by atoms with Gasteiger partial charge in [0.25, 0.3) is 11.8 Å². The zero-order valence-corrected chi connectivity index (χ0v) is 17.3. The van der Waals surface area contributed by atoms with Gasteiger partial charge in [0, 0.05) is 31.6 Å². The van der Waals surface area contributed by atoms with Crippen LogP contribution in [0, 0.1) is 6.92 Å². The molecule has 156 valence electrons. The molecule has 0 bridgehead atoms. The van der Waals surface area contributed by atoms with Gasteiger partial charge in [0.1, 0.15) is 0 Å². The van der Waals surface area contributed by atoms with Gasteiger partial charge in [0.2, 0.25) is 11.6 Å². The third-order valence-corrected chi connectivity index (χ3v) is 5.88. The van der Waals surface area contributed by atoms with Gasteiger partial charge in [0.05, 0.1) is 25.5 Å². The Morgan fingerprint density at radius 2 is 1.77 bits per heavy atom. The van der Waals surface area contributed by atoms with Crippen LogP contribution in [0.1, 0.15) is 28.8 Å². The van der Waals surface area contributed by atoms with Crippen molar-refractivity contribution in [2.75, 3.05) is 31.5 Å². The molecule has 0 unspecified atom stereocenters. The summed E-state index contributed by atoms with van der Waals surface area (Å²) in [5, 5.41) is 2.91. The maximum atomic E-state index is 13.6. The van der Waals surface area contributed by atoms with E-state index in [0.29, 0.717) is 28.4 Å². The predicted octanol–water partition coefficient (Wildman–Crippen LogP) is 2.56. The number of hydrogen-bond donors (Lipinski definition) is 1. The average Bonchev–Trinajstić information content (AvgIpc) is 3.11. The first kappa shape index (κ1) is 19.8. The van der Waals surface area contributed by atoms with Crippen molar-refractivity contribution in [3.63, 3.8) is 0 Å². The molecule has 0 saturated carbocycles. The minimum atomic E-state index is -1.43. The van der Waals surface area contributed by atoms with Crippen LogP contribution in [0.25, 0.3) is 0 Å². The number of fused-ring (bicyclic) bond motifs is 3. The molecule has 30 heavy (non-hydrogen) atoms. The third kappa shape index (κ3) is 2.63. The second kappa shape index (κ2) is 7.05. The molecule has 1 N–H and O–H groups in total. The van der Waals surface area contributed by atoms with E-state index in [9.17, 15) is 14.4 Å². The zero-order chi connectivity index (χ0) is 21.6. The number of anilines is 2. The van der Waals surface area contributed by atoms with E-state index in [4.69, 9.17) is 9.47 Å². The maximum Gasteiger partial charge on any atom is 0.271 e. The number of aryl methyl sites for hydroxylation is 1. The Morgan fingerprint density at radius 3 is 2.47 bits per heavy atom. The van der Waals surface area contributed by atoms with Crippen LogP contribution in [-0.2, 0) is 9.59 Å². The van der Waals surface area contributed by atoms with Gasteiger partial charge in [-0.05, 0) is 30.7 Å². The number of benzene rings is 2. The third-order valence-electron chi connectivity index (χ3n) is 5.88. The lowest BCUT2D eigenvalue weighted by Crippen LogP contribution is -2.68. The molecule has 2 heterocycles. The summed E-state index contributed by atoms with van der Waals surface area (Å²) in [4.78, 5) is 42.3. The van der Waals surface area contributed by atoms with Crippen molar-refractivity contribution in [3.8, 4) is 11.5 Å². The molecule has 1 saturated heterocycles. The molecule has 4 rings (SSSR count). The minimum Gasteiger partial charge on any atom is -0.493 e. The number of likely N-dealkylation sites (N-methyl/N-ethyl adjacent to an activating group) is 1. The second-order valence-electron chi connectivity index (χ2n) is 7.40. The number of amides is 3. The van der Waals surface area contributed by atoms with Crippen molar-refractivity contribution < 1.29 is 23.9 Å². The summed E-state index contributed by atoms with van der Waals surface area (Å²) in [5.41, 5.74) is 0.718. The van der Waals surface area contributed by atoms with Gasteiger partial charge in [-0.25, -0.2) is 0 Å². The Bertz CT molecular complexity index is 1070. The van der Waals surface area contributed by atoms with Crippen molar-refractivity contribution in [3.05, 3.63) is 47.5 Å². The number of carbonyl (C=O) groups is 3. The van der Waals surface area contributed by atoms with Gasteiger partial charge in [-0.3, -0.25) is 19.3 Å². The van der Waals surface area contributed by atoms with Crippen molar-refractivity contribution in [2.45, 2.75) is 25.4 Å². The van der Waals surface area contributed by atoms with Crippen LogP contribution in [0.5, 0.6) is 11.5 Å². The van der Waals surface area contributed by atoms with E-state index in [1.807, 2.05) is 6.92 Å². The van der Waals surface area contributed by atoms with Crippen LogP contribution >= 0.6 is 0 Å². The van der Waals surface area contributed by atoms with E-state index in [1.54, 1.807) is 43.4 Å². The summed E-state index contributed by atoms with van der Waals surface area (Å²) in [6.07, 6.45) is 0.380. The molecule has 8 heteroatoms. The molecule has 2 aromatic carbocycles. The summed E-state index contributed by atoms with van der Waals surface area (Å²) >= 11 is 0. The average molecular weight is 409 g/mol. The Kier molecular flexibility index (Phi) is 4.64. The van der Waals surface area contributed by atoms with Gasteiger partial charge < -0.3 is 19.7 Å². The van der Waals surface area contributed by atoms with Gasteiger partial charge in [-0.15, -0.1) is 0 Å². The quantitative estimate of drug-likeness (QED) is 0.839. The van der Waals surface area contributed by atoms with Crippen LogP contribution in [0.2, 0.25) is 0 Å². The van der Waals surface area contributed by atoms with E-state index in [0.717, 1.165) is 5.56 Å². The molecule has 0 radical (unpaired) electrons. The number of rotatable bonds is 4. The lowest BCUT2D eigenvalue weighted by Gasteiger charge is -2.47. The second-order valence-corrected chi connectivity index (χ2v) is 7.40. The Hall–Kier alpha value is -3.55. The number of hydrogen-bond acceptors (Lipinski definition) is 5. The molecular weight excluding hydrogens is 386 g/mol. The molecule has 8 nitrogen and oxygen atoms in total. The topological polar surface area (TPSA) is 88.2 Å². The van der Waals surface area contributed by atoms with E-state index in [1.165, 1.54) is 24.0 Å². The first-order valence-electron chi connectivity index (χ1n) is 9.59. The molecule has 1 fully saturated rings. The molecule has 0 aliphatic carbocycles. The van der Waals surface area contributed by atoms with Crippen LogP contribution in [0.3, 0.4) is 0 Å². The molecular formula is C22H23N3O5. The van der Waals surface area contributed by atoms with E-state index < -0.39 is 11.6 Å². The molecule has 1 atom stereocenters. The Balaban J connectivity index is 1.79. The highest BCUT2D eigenvalue weighted by molar-refractivity contribution is 6.18. The van der Waals surface area contributed by atoms with E-state index >= 15 is 0 Å². The summed E-state index contributed by atoms with van der Waals surface area (Å²) < 4.78 is 10.6. The van der Waals surface area contributed by atoms with Crippen LogP contribution in [-0.4, -0.2) is 49.6 Å². The standard InChI is InChI=1S/C22H23N3O5/c1-13-11-17(29-3)18(30-4)12-15(13)23-21(28)22-10-9-19(26)25(22)16-8-6-5-7-14(16)20(27)24(22)2/h5-8,11-12H,9-10H2,1-4H3,(H,23,28)/t22-/m0/s1. The van der Waals surface area contributed by atoms with Gasteiger partial charge >= 0.3 is 0 Å². The minimum absolute atomic E-state index is 0.171. The van der Waals surface area contributed by atoms with Crippen LogP contribution in [0.4, 0.5) is 11.4 Å². The normalized spacial score (nSPS) is 20.0. The number of para-hydroxylation sites is 1. The largest absolute Gasteiger partial charge is 0.493 e. The smallest absolute Gasteiger partial charge is 0.271 e. The zero-order valence-electron chi connectivity index (χ0n) is 17.3. The molecule has 0 aromatic heterocycles. The molecule has 2 aromatic rings. The molecule has 0 spiro atoms. The Labute approximate surface area is 174 Å². The van der Waals surface area contributed by atoms with Gasteiger partial charge in [-0.1, -0.05) is 12.1 Å². The summed E-state index contributed by atoms with van der Waals surface area (Å²) in [6, 6.07) is 10.3. The highest BCUT2D eigenvalue weighted by atomic mass is 16.5. The van der Waals surface area contributed by atoms with Gasteiger partial charge in [0.15, 0.2) is 11.5 Å². The summed E-state index contributed by atoms with van der Waals surface area (Å²) in [5.74, 6) is 0.0714. The highest BCUT2D eigenvalue weighted by Crippen LogP contribution is 2.44. The molecule has 2 aliphatic heterocycles. The maximum absolute atomic E-state index is 13.6. The summed E-state index contributed by atoms with van der Waals surface area (Å²) in [6.45, 7) is 1.83. The first-order valence-corrected chi connectivity index (χ1v) is 9.59. The lowest BCUT2D eigenvalue weighted by molar-refractivity contribution is -0.128. The first-order chi connectivity index (χ1) is 14.3. The SMILES string of the molecule is COc1cc(C)c(NC(=O)[C@]23CCC(=O)N2c2ccccc2C(=O)N3C)cc1OC. The number of carbonyl (C=O) groups excluding carboxylic acids is 3. The fourth-order valence-corrected chi connectivity index (χ4v) is 4.27. The number of nitrogens with one attached hydrogen (secondary N) is 1. The number of nitrogens with zero attached hydrogens (tertiary/aromatic N) is 2. The van der Waals surface area contributed by atoms with Crippen molar-refractivity contribution in [1.29, 1.82) is 0 Å². The Morgan fingerprint density at radius 1 is 1.10 bits per heavy atom. The van der Waals surface area contributed by atoms with E-state index in [-0.39, 0.29) is 24.7 Å². The fraction of sp³-hybridized carbons (Fsp3) is 0.318. The van der Waals surface area contributed by atoms with E-state index in [2.05, 4.69) is 5.32 Å². The predicted molar refractivity (Wildman–Crippen MR) is 111 cm³/mol. The van der Waals surface area contributed by atoms with Crippen molar-refractivity contribution >= 4 is 29.1 Å². The van der Waals surface area contributed by atoms with Crippen molar-refractivity contribution in [1.82, 2.24) is 4.90 Å². The summed E-state index contributed by atoms with van der Waals surface area (Å²) in [7, 11) is 4.61. The van der Waals surface area contributed by atoms with Crippen LogP contribution < -0.4 is 19.7 Å². The van der Waals surface area contributed by atoms with Crippen molar-refractivity contribution in [2.24, 2.45) is 0 Å². The van der Waals surface area contributed by atoms with Crippen LogP contribution in [0.15, 0.2) is 36.4 Å². The number of ether oxygens (including phenoxy) is 2. The molecule has 2 aliphatic rings. The lowest BCUT2D eigenvalue weighted by atomic mass is 9.96.